The topological polar surface area (TPSA) is 67.0 Å². The number of rotatable bonds is 3. The summed E-state index contributed by atoms with van der Waals surface area (Å²) >= 11 is 0. The van der Waals surface area contributed by atoms with Crippen molar-refractivity contribution in [3.63, 3.8) is 0 Å². The largest absolute Gasteiger partial charge is 0.497 e. The van der Waals surface area contributed by atoms with Gasteiger partial charge >= 0.3 is 0 Å². The van der Waals surface area contributed by atoms with Gasteiger partial charge in [-0.25, -0.2) is 0 Å². The first kappa shape index (κ1) is 12.2. The number of carbonyl (C=O) groups excluding carboxylic acids is 1. The Kier molecular flexibility index (Phi) is 3.32. The van der Waals surface area contributed by atoms with Crippen LogP contribution in [0.4, 0.5) is 5.69 Å². The van der Waals surface area contributed by atoms with Crippen LogP contribution in [-0.2, 0) is 0 Å². The van der Waals surface area contributed by atoms with Gasteiger partial charge in [0.2, 0.25) is 0 Å². The van der Waals surface area contributed by atoms with Crippen LogP contribution in [0.3, 0.4) is 0 Å². The van der Waals surface area contributed by atoms with Gasteiger partial charge in [-0.2, -0.15) is 5.10 Å². The summed E-state index contributed by atoms with van der Waals surface area (Å²) in [5.41, 5.74) is 3.00. The van der Waals surface area contributed by atoms with Gasteiger partial charge in [0, 0.05) is 17.4 Å². The van der Waals surface area contributed by atoms with Crippen molar-refractivity contribution >= 4 is 11.6 Å². The van der Waals surface area contributed by atoms with Crippen molar-refractivity contribution in [3.8, 4) is 5.75 Å². The van der Waals surface area contributed by atoms with Crippen molar-refractivity contribution in [1.29, 1.82) is 0 Å². The third-order valence-corrected chi connectivity index (χ3v) is 2.77. The molecule has 2 aromatic rings. The van der Waals surface area contributed by atoms with E-state index in [-0.39, 0.29) is 5.91 Å². The van der Waals surface area contributed by atoms with E-state index < -0.39 is 0 Å². The highest BCUT2D eigenvalue weighted by molar-refractivity contribution is 6.05. The number of carbonyl (C=O) groups is 1. The van der Waals surface area contributed by atoms with Gasteiger partial charge in [0.1, 0.15) is 5.75 Å². The van der Waals surface area contributed by atoms with Gasteiger partial charge in [0.05, 0.1) is 18.9 Å². The first-order valence-corrected chi connectivity index (χ1v) is 5.58. The number of benzene rings is 1. The lowest BCUT2D eigenvalue weighted by Crippen LogP contribution is -2.13. The minimum atomic E-state index is -0.183. The Hall–Kier alpha value is -2.30. The maximum absolute atomic E-state index is 12.0. The summed E-state index contributed by atoms with van der Waals surface area (Å²) in [5, 5.41) is 9.42. The molecule has 0 bridgehead atoms. The number of H-pyrrole nitrogens is 1. The molecule has 0 unspecified atom stereocenters. The molecule has 1 aromatic carbocycles. The number of nitrogens with zero attached hydrogens (tertiary/aromatic N) is 1. The van der Waals surface area contributed by atoms with Crippen LogP contribution in [0.2, 0.25) is 0 Å². The lowest BCUT2D eigenvalue weighted by molar-refractivity contribution is 0.102. The van der Waals surface area contributed by atoms with Crippen molar-refractivity contribution in [2.24, 2.45) is 0 Å². The van der Waals surface area contributed by atoms with Gasteiger partial charge < -0.3 is 10.1 Å². The molecule has 0 aliphatic rings. The molecule has 2 N–H and O–H groups in total. The van der Waals surface area contributed by atoms with Crippen LogP contribution in [0.15, 0.2) is 24.4 Å². The van der Waals surface area contributed by atoms with Crippen LogP contribution in [0.1, 0.15) is 21.6 Å². The number of aromatic amines is 1. The van der Waals surface area contributed by atoms with Crippen molar-refractivity contribution in [3.05, 3.63) is 41.2 Å². The molecule has 0 aliphatic heterocycles. The SMILES string of the molecule is COc1ccc(C)c(NC(=O)c2cn[nH]c2C)c1. The minimum absolute atomic E-state index is 0.183. The molecular formula is C13H15N3O2. The molecule has 1 amide bonds. The zero-order valence-electron chi connectivity index (χ0n) is 10.6. The number of hydrogen-bond acceptors (Lipinski definition) is 3. The highest BCUT2D eigenvalue weighted by Crippen LogP contribution is 2.22. The van der Waals surface area contributed by atoms with E-state index in [0.29, 0.717) is 11.3 Å². The van der Waals surface area contributed by atoms with Crippen molar-refractivity contribution in [2.75, 3.05) is 12.4 Å². The highest BCUT2D eigenvalue weighted by atomic mass is 16.5. The van der Waals surface area contributed by atoms with E-state index in [9.17, 15) is 4.79 Å². The number of nitrogens with one attached hydrogen (secondary N) is 2. The van der Waals surface area contributed by atoms with E-state index in [1.54, 1.807) is 20.1 Å². The molecule has 0 atom stereocenters. The van der Waals surface area contributed by atoms with Gasteiger partial charge in [-0.05, 0) is 25.5 Å². The quantitative estimate of drug-likeness (QED) is 0.871. The standard InChI is InChI=1S/C13H15N3O2/c1-8-4-5-10(18-3)6-12(8)15-13(17)11-7-14-16-9(11)2/h4-7H,1-3H3,(H,14,16)(H,15,17). The fourth-order valence-electron chi connectivity index (χ4n) is 1.63. The summed E-state index contributed by atoms with van der Waals surface area (Å²) in [6.07, 6.45) is 1.51. The van der Waals surface area contributed by atoms with Crippen LogP contribution in [0, 0.1) is 13.8 Å². The van der Waals surface area contributed by atoms with Gasteiger partial charge in [-0.15, -0.1) is 0 Å². The number of anilines is 1. The Labute approximate surface area is 105 Å². The van der Waals surface area contributed by atoms with E-state index in [0.717, 1.165) is 16.9 Å². The number of aryl methyl sites for hydroxylation is 2. The van der Waals surface area contributed by atoms with Gasteiger partial charge in [0.15, 0.2) is 0 Å². The molecule has 94 valence electrons. The predicted octanol–water partition coefficient (Wildman–Crippen LogP) is 2.29. The molecule has 18 heavy (non-hydrogen) atoms. The number of amides is 1. The summed E-state index contributed by atoms with van der Waals surface area (Å²) in [6, 6.07) is 5.55. The van der Waals surface area contributed by atoms with E-state index >= 15 is 0 Å². The number of aromatic nitrogens is 2. The summed E-state index contributed by atoms with van der Waals surface area (Å²) in [6.45, 7) is 3.73. The Bertz CT molecular complexity index is 575. The van der Waals surface area contributed by atoms with Crippen LogP contribution in [0.25, 0.3) is 0 Å². The fraction of sp³-hybridized carbons (Fsp3) is 0.231. The van der Waals surface area contributed by atoms with E-state index in [4.69, 9.17) is 4.74 Å². The molecule has 0 radical (unpaired) electrons. The maximum atomic E-state index is 12.0. The highest BCUT2D eigenvalue weighted by Gasteiger charge is 2.12. The molecular weight excluding hydrogens is 230 g/mol. The Balaban J connectivity index is 2.24. The van der Waals surface area contributed by atoms with Gasteiger partial charge in [0.25, 0.3) is 5.91 Å². The third kappa shape index (κ3) is 2.34. The molecule has 0 saturated heterocycles. The molecule has 0 fully saturated rings. The Morgan fingerprint density at radius 1 is 1.39 bits per heavy atom. The molecule has 1 aromatic heterocycles. The molecule has 5 nitrogen and oxygen atoms in total. The molecule has 5 heteroatoms. The van der Waals surface area contributed by atoms with Crippen molar-refractivity contribution in [1.82, 2.24) is 10.2 Å². The molecule has 2 rings (SSSR count). The zero-order valence-corrected chi connectivity index (χ0v) is 10.6. The van der Waals surface area contributed by atoms with Crippen LogP contribution in [0.5, 0.6) is 5.75 Å². The van der Waals surface area contributed by atoms with Crippen LogP contribution in [-0.4, -0.2) is 23.2 Å². The maximum Gasteiger partial charge on any atom is 0.259 e. The van der Waals surface area contributed by atoms with E-state index in [1.807, 2.05) is 19.1 Å². The number of ether oxygens (including phenoxy) is 1. The minimum Gasteiger partial charge on any atom is -0.497 e. The fourth-order valence-corrected chi connectivity index (χ4v) is 1.63. The lowest BCUT2D eigenvalue weighted by Gasteiger charge is -2.09. The first-order valence-electron chi connectivity index (χ1n) is 5.58. The number of hydrogen-bond donors (Lipinski definition) is 2. The summed E-state index contributed by atoms with van der Waals surface area (Å²) in [5.74, 6) is 0.525. The Morgan fingerprint density at radius 3 is 2.78 bits per heavy atom. The average molecular weight is 245 g/mol. The molecule has 1 heterocycles. The van der Waals surface area contributed by atoms with Gasteiger partial charge in [-0.1, -0.05) is 6.07 Å². The summed E-state index contributed by atoms with van der Waals surface area (Å²) in [7, 11) is 1.59. The second-order valence-electron chi connectivity index (χ2n) is 4.04. The zero-order chi connectivity index (χ0) is 13.1. The third-order valence-electron chi connectivity index (χ3n) is 2.77. The smallest absolute Gasteiger partial charge is 0.259 e. The summed E-state index contributed by atoms with van der Waals surface area (Å²) in [4.78, 5) is 12.0. The Morgan fingerprint density at radius 2 is 2.17 bits per heavy atom. The molecule has 0 spiro atoms. The van der Waals surface area contributed by atoms with Crippen molar-refractivity contribution in [2.45, 2.75) is 13.8 Å². The molecule has 0 saturated carbocycles. The number of methoxy groups -OCH3 is 1. The second-order valence-corrected chi connectivity index (χ2v) is 4.04. The van der Waals surface area contributed by atoms with E-state index in [2.05, 4.69) is 15.5 Å². The monoisotopic (exact) mass is 245 g/mol. The van der Waals surface area contributed by atoms with Gasteiger partial charge in [-0.3, -0.25) is 9.89 Å². The predicted molar refractivity (Wildman–Crippen MR) is 69.0 cm³/mol. The second kappa shape index (κ2) is 4.91. The van der Waals surface area contributed by atoms with Crippen molar-refractivity contribution < 1.29 is 9.53 Å². The average Bonchev–Trinajstić information content (AvgIpc) is 2.78. The van der Waals surface area contributed by atoms with Crippen LogP contribution >= 0.6 is 0 Å². The molecule has 0 aliphatic carbocycles. The normalized spacial score (nSPS) is 10.2. The van der Waals surface area contributed by atoms with Crippen LogP contribution < -0.4 is 10.1 Å². The van der Waals surface area contributed by atoms with E-state index in [1.165, 1.54) is 6.20 Å². The lowest BCUT2D eigenvalue weighted by atomic mass is 10.1. The first-order chi connectivity index (χ1) is 8.61. The summed E-state index contributed by atoms with van der Waals surface area (Å²) < 4.78 is 5.14.